The summed E-state index contributed by atoms with van der Waals surface area (Å²) in [5, 5.41) is 9.19. The summed E-state index contributed by atoms with van der Waals surface area (Å²) in [6, 6.07) is 19.6. The van der Waals surface area contributed by atoms with Gasteiger partial charge in [-0.15, -0.1) is 56.2 Å². The van der Waals surface area contributed by atoms with Gasteiger partial charge in [0.15, 0.2) is 0 Å². The Labute approximate surface area is 301 Å². The molecule has 0 amide bonds. The molecule has 4 rings (SSSR count). The summed E-state index contributed by atoms with van der Waals surface area (Å²) in [6.45, 7) is 28.4. The van der Waals surface area contributed by atoms with E-state index in [1.54, 1.807) is 21.5 Å². The van der Waals surface area contributed by atoms with Gasteiger partial charge in [0, 0.05) is 0 Å². The van der Waals surface area contributed by atoms with E-state index in [0.717, 1.165) is 0 Å². The first-order chi connectivity index (χ1) is 19.6. The van der Waals surface area contributed by atoms with Gasteiger partial charge in [-0.1, -0.05) is 127 Å². The number of rotatable bonds is 10. The average molecular weight is 851 g/mol. The van der Waals surface area contributed by atoms with E-state index in [1.807, 2.05) is 0 Å². The van der Waals surface area contributed by atoms with E-state index in [-0.39, 0.29) is 30.3 Å². The van der Waals surface area contributed by atoms with Crippen LogP contribution in [0, 0.1) is 0 Å². The predicted octanol–water partition coefficient (Wildman–Crippen LogP) is 4.81. The molecule has 0 nitrogen and oxygen atoms in total. The van der Waals surface area contributed by atoms with E-state index in [9.17, 15) is 0 Å². The number of hydrogen-bond donors (Lipinski definition) is 0. The van der Waals surface area contributed by atoms with E-state index in [4.69, 9.17) is 0 Å². The average Bonchev–Trinajstić information content (AvgIpc) is 3.50. The fraction of sp³-hybridized carbons (Fsp3) is 0.526. The van der Waals surface area contributed by atoms with Crippen LogP contribution in [0.1, 0.15) is 75.6 Å². The summed E-state index contributed by atoms with van der Waals surface area (Å²) < 4.78 is 0. The molecular formula is C38H60Cl2HfSi3-2. The van der Waals surface area contributed by atoms with Crippen molar-refractivity contribution in [1.29, 1.82) is 0 Å². The predicted molar refractivity (Wildman–Crippen MR) is 199 cm³/mol. The molecule has 0 atom stereocenters. The second-order valence-corrected chi connectivity index (χ2v) is 37.4. The van der Waals surface area contributed by atoms with Gasteiger partial charge in [0.2, 0.25) is 0 Å². The third-order valence-corrected chi connectivity index (χ3v) is 11.8. The Balaban J connectivity index is 0.000000720. The van der Waals surface area contributed by atoms with Crippen LogP contribution in [0.25, 0.3) is 21.5 Å². The Morgan fingerprint density at radius 3 is 1.09 bits per heavy atom. The van der Waals surface area contributed by atoms with Gasteiger partial charge >= 0.3 is 41.6 Å². The van der Waals surface area contributed by atoms with Gasteiger partial charge in [0.25, 0.3) is 0 Å². The molecule has 6 heteroatoms. The Morgan fingerprint density at radius 1 is 0.545 bits per heavy atom. The standard InChI is InChI=1S/2C18H27Si.C2H6Si.2ClH.Hf/c2*1-6-8-14-10-15(9-7-2)18-13-17(19(3,4)5)12-16(18)11-14;1-3-2;;;/h2*10-13H,6-9H2,1-5H3;1-2H3;2*1H;/q2*-1;;;;+2/p-2. The molecule has 0 saturated carbocycles. The van der Waals surface area contributed by atoms with Crippen molar-refractivity contribution >= 4 is 53.6 Å². The Hall–Kier alpha value is -0.239. The Morgan fingerprint density at radius 2 is 0.841 bits per heavy atom. The molecule has 0 heterocycles. The maximum atomic E-state index is 2.47. The molecule has 0 radical (unpaired) electrons. The minimum atomic E-state index is -1.20. The van der Waals surface area contributed by atoms with Gasteiger partial charge < -0.3 is 24.8 Å². The summed E-state index contributed by atoms with van der Waals surface area (Å²) in [7, 11) is -2.40. The Bertz CT molecular complexity index is 1330. The van der Waals surface area contributed by atoms with Crippen molar-refractivity contribution in [2.75, 3.05) is 0 Å². The van der Waals surface area contributed by atoms with Crippen molar-refractivity contribution < 1.29 is 47.8 Å². The molecule has 0 saturated heterocycles. The van der Waals surface area contributed by atoms with Crippen LogP contribution in [0.15, 0.2) is 48.5 Å². The van der Waals surface area contributed by atoms with Gasteiger partial charge in [-0.05, 0) is 25.7 Å². The van der Waals surface area contributed by atoms with Gasteiger partial charge in [-0.2, -0.15) is 12.1 Å². The second-order valence-electron chi connectivity index (χ2n) is 14.5. The molecule has 0 fully saturated rings. The van der Waals surface area contributed by atoms with Crippen molar-refractivity contribution in [3.63, 3.8) is 0 Å². The zero-order chi connectivity index (χ0) is 31.7. The van der Waals surface area contributed by atoms with Gasteiger partial charge in [-0.3, -0.25) is 0 Å². The Kier molecular flexibility index (Phi) is 20.1. The molecule has 44 heavy (non-hydrogen) atoms. The summed E-state index contributed by atoms with van der Waals surface area (Å²) in [6.07, 6.45) is 9.78. The zero-order valence-electron chi connectivity index (χ0n) is 30.0. The minimum Gasteiger partial charge on any atom is -1.00 e. The molecule has 0 N–H and O–H groups in total. The number of hydrogen-bond acceptors (Lipinski definition) is 0. The van der Waals surface area contributed by atoms with E-state index in [2.05, 4.69) is 129 Å². The first kappa shape index (κ1) is 43.8. The molecular weight excluding hydrogens is 790 g/mol. The van der Waals surface area contributed by atoms with Crippen LogP contribution in [0.5, 0.6) is 0 Å². The maximum absolute atomic E-state index is 2.47. The van der Waals surface area contributed by atoms with Gasteiger partial charge in [0.1, 0.15) is 0 Å². The second kappa shape index (κ2) is 20.2. The molecule has 0 aliphatic heterocycles. The van der Waals surface area contributed by atoms with E-state index in [0.29, 0.717) is 0 Å². The van der Waals surface area contributed by atoms with E-state index < -0.39 is 16.1 Å². The largest absolute Gasteiger partial charge is 1.00 e. The van der Waals surface area contributed by atoms with Gasteiger partial charge in [-0.25, -0.2) is 0 Å². The quantitative estimate of drug-likeness (QED) is 0.159. The van der Waals surface area contributed by atoms with Crippen molar-refractivity contribution in [3.05, 3.63) is 70.8 Å². The third-order valence-electron chi connectivity index (χ3n) is 7.78. The fourth-order valence-electron chi connectivity index (χ4n) is 5.62. The molecule has 0 aliphatic rings. The van der Waals surface area contributed by atoms with Crippen molar-refractivity contribution in [2.45, 2.75) is 131 Å². The first-order valence-corrected chi connectivity index (χ1v) is 31.5. The van der Waals surface area contributed by atoms with Crippen LogP contribution in [0.3, 0.4) is 0 Å². The molecule has 0 bridgehead atoms. The van der Waals surface area contributed by atoms with Crippen LogP contribution < -0.4 is 35.2 Å². The smallest absolute Gasteiger partial charge is 1.00 e. The summed E-state index contributed by atoms with van der Waals surface area (Å²) in [4.78, 5) is 0. The minimum absolute atomic E-state index is 0. The normalized spacial score (nSPS) is 11.2. The van der Waals surface area contributed by atoms with Crippen LogP contribution in [0.2, 0.25) is 52.4 Å². The van der Waals surface area contributed by atoms with Crippen LogP contribution >= 0.6 is 0 Å². The van der Waals surface area contributed by atoms with Crippen molar-refractivity contribution in [3.8, 4) is 0 Å². The van der Waals surface area contributed by atoms with Gasteiger partial charge in [0.05, 0.1) is 16.1 Å². The van der Waals surface area contributed by atoms with E-state index in [1.165, 1.54) is 107 Å². The van der Waals surface area contributed by atoms with Crippen molar-refractivity contribution in [1.82, 2.24) is 0 Å². The van der Waals surface area contributed by atoms with E-state index >= 15 is 0 Å². The van der Waals surface area contributed by atoms with Crippen LogP contribution in [-0.2, 0) is 48.7 Å². The van der Waals surface area contributed by atoms with Crippen molar-refractivity contribution in [2.24, 2.45) is 0 Å². The number of fused-ring (bicyclic) bond motifs is 2. The molecule has 0 spiro atoms. The molecule has 0 unspecified atom stereocenters. The topological polar surface area (TPSA) is 0 Å². The summed E-state index contributed by atoms with van der Waals surface area (Å²) >= 11 is 1.45. The number of halogens is 2. The SMILES string of the molecule is CCCc1cc(CCC)c2cc([Si](C)(C)C)[cH-]c2c1.CCCc1cc(CCC)c2cc([Si](C)(C)C)[cH-]c2c1.C[Si](C)=[Hf+2].[Cl-].[Cl-]. The molecule has 0 aromatic heterocycles. The summed E-state index contributed by atoms with van der Waals surface area (Å²) in [5.74, 6) is 0. The monoisotopic (exact) mass is 850 g/mol. The third kappa shape index (κ3) is 13.5. The number of aryl methyl sites for hydroxylation is 4. The van der Waals surface area contributed by atoms with Crippen LogP contribution in [0.4, 0.5) is 0 Å². The summed E-state index contributed by atoms with van der Waals surface area (Å²) in [5.41, 5.74) is 6.42. The zero-order valence-corrected chi connectivity index (χ0v) is 38.1. The fourth-order valence-corrected chi connectivity index (χ4v) is 7.95. The first-order valence-electron chi connectivity index (χ1n) is 16.6. The molecule has 0 aliphatic carbocycles. The van der Waals surface area contributed by atoms with Crippen LogP contribution in [-0.4, -0.2) is 21.6 Å². The molecule has 4 aromatic rings. The molecule has 4 aromatic carbocycles. The number of benzene rings is 2. The maximum Gasteiger partial charge on any atom is -1.00 e. The molecule has 244 valence electrons.